The van der Waals surface area contributed by atoms with Crippen molar-refractivity contribution < 1.29 is 9.84 Å². The van der Waals surface area contributed by atoms with Crippen LogP contribution >= 0.6 is 0 Å². The first-order valence-electron chi connectivity index (χ1n) is 8.62. The van der Waals surface area contributed by atoms with E-state index in [0.29, 0.717) is 17.7 Å². The number of nitrogens with one attached hydrogen (secondary N) is 1. The smallest absolute Gasteiger partial charge is 0.330 e. The van der Waals surface area contributed by atoms with Crippen LogP contribution in [0.3, 0.4) is 0 Å². The quantitative estimate of drug-likeness (QED) is 0.697. The molecular weight excluding hydrogens is 350 g/mol. The van der Waals surface area contributed by atoms with Crippen LogP contribution in [0, 0.1) is 6.92 Å². The molecule has 3 atom stereocenters. The zero-order chi connectivity index (χ0) is 19.0. The number of nitrogens with zero attached hydrogens (tertiary/aromatic N) is 4. The minimum absolute atomic E-state index is 0.223. The Morgan fingerprint density at radius 3 is 2.78 bits per heavy atom. The first-order valence-corrected chi connectivity index (χ1v) is 8.62. The van der Waals surface area contributed by atoms with Crippen molar-refractivity contribution >= 4 is 0 Å². The first kappa shape index (κ1) is 17.4. The number of ether oxygens (including phenoxy) is 1. The molecule has 1 unspecified atom stereocenters. The topological polar surface area (TPSA) is 115 Å². The van der Waals surface area contributed by atoms with Crippen molar-refractivity contribution in [2.24, 2.45) is 0 Å². The second kappa shape index (κ2) is 6.93. The number of hydrogen-bond donors (Lipinski definition) is 2. The van der Waals surface area contributed by atoms with Gasteiger partial charge in [-0.25, -0.2) is 9.48 Å². The van der Waals surface area contributed by atoms with Crippen LogP contribution in [0.5, 0.6) is 0 Å². The van der Waals surface area contributed by atoms with Gasteiger partial charge in [0, 0.05) is 23.7 Å². The highest BCUT2D eigenvalue weighted by molar-refractivity contribution is 5.57. The van der Waals surface area contributed by atoms with E-state index in [-0.39, 0.29) is 12.6 Å². The minimum Gasteiger partial charge on any atom is -0.394 e. The maximum Gasteiger partial charge on any atom is 0.330 e. The molecule has 3 heterocycles. The minimum atomic E-state index is -0.612. The second-order valence-corrected chi connectivity index (χ2v) is 6.54. The molecule has 0 spiro atoms. The van der Waals surface area contributed by atoms with E-state index >= 15 is 0 Å². The summed E-state index contributed by atoms with van der Waals surface area (Å²) in [6.45, 7) is 1.40. The molecule has 0 bridgehead atoms. The molecule has 2 N–H and O–H groups in total. The van der Waals surface area contributed by atoms with Crippen molar-refractivity contribution in [3.63, 3.8) is 0 Å². The lowest BCUT2D eigenvalue weighted by Crippen LogP contribution is -2.33. The van der Waals surface area contributed by atoms with Gasteiger partial charge in [0.2, 0.25) is 0 Å². The lowest BCUT2D eigenvalue weighted by molar-refractivity contribution is -0.0323. The van der Waals surface area contributed by atoms with E-state index in [9.17, 15) is 14.7 Å². The van der Waals surface area contributed by atoms with Crippen molar-refractivity contribution in [3.05, 3.63) is 69.1 Å². The van der Waals surface area contributed by atoms with Gasteiger partial charge in [-0.05, 0) is 6.92 Å². The summed E-state index contributed by atoms with van der Waals surface area (Å²) in [5.41, 5.74) is 1.10. The molecule has 3 aromatic rings. The Morgan fingerprint density at radius 2 is 2.04 bits per heavy atom. The van der Waals surface area contributed by atoms with Gasteiger partial charge in [-0.3, -0.25) is 14.3 Å². The lowest BCUT2D eigenvalue weighted by Gasteiger charge is -2.15. The summed E-state index contributed by atoms with van der Waals surface area (Å²) in [6.07, 6.45) is 2.53. The highest BCUT2D eigenvalue weighted by Crippen LogP contribution is 2.36. The largest absolute Gasteiger partial charge is 0.394 e. The summed E-state index contributed by atoms with van der Waals surface area (Å²) < 4.78 is 8.86. The van der Waals surface area contributed by atoms with E-state index in [0.717, 1.165) is 5.56 Å². The fraction of sp³-hybridized carbons (Fsp3) is 0.333. The third-order valence-corrected chi connectivity index (χ3v) is 4.76. The van der Waals surface area contributed by atoms with Crippen LogP contribution < -0.4 is 11.2 Å². The number of rotatable bonds is 4. The molecule has 9 nitrogen and oxygen atoms in total. The average molecular weight is 369 g/mol. The highest BCUT2D eigenvalue weighted by Gasteiger charge is 2.38. The fourth-order valence-corrected chi connectivity index (χ4v) is 3.31. The lowest BCUT2D eigenvalue weighted by atomic mass is 10.1. The van der Waals surface area contributed by atoms with Gasteiger partial charge in [-0.2, -0.15) is 0 Å². The van der Waals surface area contributed by atoms with Crippen molar-refractivity contribution in [1.29, 1.82) is 0 Å². The van der Waals surface area contributed by atoms with Gasteiger partial charge < -0.3 is 9.84 Å². The van der Waals surface area contributed by atoms with Gasteiger partial charge in [0.15, 0.2) is 0 Å². The standard InChI is InChI=1S/C18H19N5O4/c1-11-8-22(18(26)19-17(11)25)16-7-14(15(10-24)27-16)23-9-13(20-21-23)12-5-3-2-4-6-12/h2-6,8-9,14-16,24H,7,10H2,1H3,(H,19,25,26)/t14-,15?,16+/m0/s1. The van der Waals surface area contributed by atoms with Crippen LogP contribution in [0.4, 0.5) is 0 Å². The summed E-state index contributed by atoms with van der Waals surface area (Å²) >= 11 is 0. The molecule has 2 aromatic heterocycles. The Kier molecular flexibility index (Phi) is 4.46. The molecule has 1 saturated heterocycles. The van der Waals surface area contributed by atoms with Crippen molar-refractivity contribution in [2.75, 3.05) is 6.61 Å². The molecule has 140 valence electrons. The van der Waals surface area contributed by atoms with E-state index in [1.165, 1.54) is 10.8 Å². The molecule has 1 aliphatic rings. The monoisotopic (exact) mass is 369 g/mol. The van der Waals surface area contributed by atoms with Gasteiger partial charge in [-0.1, -0.05) is 35.5 Å². The van der Waals surface area contributed by atoms with E-state index in [2.05, 4.69) is 15.3 Å². The number of benzene rings is 1. The van der Waals surface area contributed by atoms with E-state index < -0.39 is 23.6 Å². The molecule has 1 fully saturated rings. The normalized spacial score (nSPS) is 22.2. The van der Waals surface area contributed by atoms with E-state index in [1.807, 2.05) is 30.3 Å². The van der Waals surface area contributed by atoms with E-state index in [4.69, 9.17) is 4.74 Å². The average Bonchev–Trinajstić information content (AvgIpc) is 3.32. The summed E-state index contributed by atoms with van der Waals surface area (Å²) in [6, 6.07) is 9.36. The Labute approximate surface area is 153 Å². The third-order valence-electron chi connectivity index (χ3n) is 4.76. The third kappa shape index (κ3) is 3.22. The molecule has 0 amide bonds. The van der Waals surface area contributed by atoms with Gasteiger partial charge in [0.1, 0.15) is 18.0 Å². The van der Waals surface area contributed by atoms with Crippen LogP contribution in [-0.2, 0) is 4.74 Å². The van der Waals surface area contributed by atoms with E-state index in [1.54, 1.807) is 17.8 Å². The molecular formula is C18H19N5O4. The fourth-order valence-electron chi connectivity index (χ4n) is 3.31. The molecule has 1 aliphatic heterocycles. The van der Waals surface area contributed by atoms with Crippen LogP contribution in [0.25, 0.3) is 11.3 Å². The zero-order valence-electron chi connectivity index (χ0n) is 14.6. The van der Waals surface area contributed by atoms with Gasteiger partial charge in [-0.15, -0.1) is 5.10 Å². The molecule has 0 aliphatic carbocycles. The Morgan fingerprint density at radius 1 is 1.26 bits per heavy atom. The number of aryl methyl sites for hydroxylation is 1. The summed E-state index contributed by atoms with van der Waals surface area (Å²) in [7, 11) is 0. The van der Waals surface area contributed by atoms with Gasteiger partial charge in [0.25, 0.3) is 5.56 Å². The van der Waals surface area contributed by atoms with Crippen molar-refractivity contribution in [1.82, 2.24) is 24.5 Å². The number of aromatic nitrogens is 5. The molecule has 27 heavy (non-hydrogen) atoms. The molecule has 0 saturated carbocycles. The van der Waals surface area contributed by atoms with Crippen molar-refractivity contribution in [3.8, 4) is 11.3 Å². The van der Waals surface area contributed by atoms with Crippen LogP contribution in [-0.4, -0.2) is 42.4 Å². The Bertz CT molecular complexity index is 1060. The number of aromatic amines is 1. The first-order chi connectivity index (χ1) is 13.1. The number of H-pyrrole nitrogens is 1. The molecule has 0 radical (unpaired) electrons. The van der Waals surface area contributed by atoms with Gasteiger partial charge in [0.05, 0.1) is 18.8 Å². The summed E-state index contributed by atoms with van der Waals surface area (Å²) in [5.74, 6) is 0. The predicted molar refractivity (Wildman–Crippen MR) is 96.2 cm³/mol. The van der Waals surface area contributed by atoms with Crippen LogP contribution in [0.15, 0.2) is 52.3 Å². The number of aliphatic hydroxyl groups excluding tert-OH is 1. The molecule has 1 aromatic carbocycles. The summed E-state index contributed by atoms with van der Waals surface area (Å²) in [5, 5.41) is 18.1. The highest BCUT2D eigenvalue weighted by atomic mass is 16.5. The SMILES string of the molecule is Cc1cn([C@H]2C[C@H](n3cc(-c4ccccc4)nn3)C(CO)O2)c(=O)[nH]c1=O. The maximum absolute atomic E-state index is 12.1. The van der Waals surface area contributed by atoms with Crippen LogP contribution in [0.2, 0.25) is 0 Å². The Balaban J connectivity index is 1.63. The molecule has 9 heteroatoms. The Hall–Kier alpha value is -3.04. The van der Waals surface area contributed by atoms with Gasteiger partial charge >= 0.3 is 5.69 Å². The number of hydrogen-bond acceptors (Lipinski definition) is 6. The second-order valence-electron chi connectivity index (χ2n) is 6.54. The zero-order valence-corrected chi connectivity index (χ0v) is 14.6. The van der Waals surface area contributed by atoms with Crippen LogP contribution in [0.1, 0.15) is 24.3 Å². The maximum atomic E-state index is 12.1. The summed E-state index contributed by atoms with van der Waals surface area (Å²) in [4.78, 5) is 26.0. The van der Waals surface area contributed by atoms with Crippen molar-refractivity contribution in [2.45, 2.75) is 31.7 Å². The predicted octanol–water partition coefficient (Wildman–Crippen LogP) is 0.625. The number of aliphatic hydroxyl groups is 1. The molecule has 4 rings (SSSR count).